The van der Waals surface area contributed by atoms with Crippen LogP contribution in [0.1, 0.15) is 24.0 Å². The third-order valence-corrected chi connectivity index (χ3v) is 3.74. The molecule has 0 unspecified atom stereocenters. The van der Waals surface area contributed by atoms with Crippen molar-refractivity contribution in [1.29, 1.82) is 0 Å². The van der Waals surface area contributed by atoms with Gasteiger partial charge in [0.2, 0.25) is 0 Å². The third kappa shape index (κ3) is 4.40. The standard InChI is InChI=1S/C15H21F3N2/c1-11-3-4-12(2)14(9-11)19-13-5-7-20(8-6-13)10-15(16,17)18/h3-4,9,13,19H,5-8,10H2,1-2H3. The van der Waals surface area contributed by atoms with E-state index in [0.29, 0.717) is 13.1 Å². The zero-order valence-electron chi connectivity index (χ0n) is 11.9. The molecule has 0 aromatic heterocycles. The summed E-state index contributed by atoms with van der Waals surface area (Å²) in [6.07, 6.45) is -2.58. The van der Waals surface area contributed by atoms with Crippen molar-refractivity contribution < 1.29 is 13.2 Å². The molecule has 0 atom stereocenters. The van der Waals surface area contributed by atoms with Crippen LogP contribution in [-0.4, -0.2) is 36.8 Å². The van der Waals surface area contributed by atoms with E-state index >= 15 is 0 Å². The number of hydrogen-bond acceptors (Lipinski definition) is 2. The van der Waals surface area contributed by atoms with Gasteiger partial charge in [0.25, 0.3) is 0 Å². The first kappa shape index (κ1) is 15.2. The summed E-state index contributed by atoms with van der Waals surface area (Å²) >= 11 is 0. The summed E-state index contributed by atoms with van der Waals surface area (Å²) in [4.78, 5) is 1.49. The van der Waals surface area contributed by atoms with Crippen molar-refractivity contribution in [2.24, 2.45) is 0 Å². The quantitative estimate of drug-likeness (QED) is 0.910. The molecule has 1 aromatic carbocycles. The van der Waals surface area contributed by atoms with Crippen LogP contribution in [0.4, 0.5) is 18.9 Å². The minimum Gasteiger partial charge on any atom is -0.382 e. The van der Waals surface area contributed by atoms with Crippen LogP contribution in [-0.2, 0) is 0 Å². The molecule has 1 saturated heterocycles. The lowest BCUT2D eigenvalue weighted by molar-refractivity contribution is -0.147. The van der Waals surface area contributed by atoms with Gasteiger partial charge in [-0.1, -0.05) is 12.1 Å². The van der Waals surface area contributed by atoms with Crippen LogP contribution >= 0.6 is 0 Å². The normalized spacial score (nSPS) is 18.2. The molecule has 1 fully saturated rings. The second-order valence-electron chi connectivity index (χ2n) is 5.63. The zero-order chi connectivity index (χ0) is 14.8. The number of nitrogens with one attached hydrogen (secondary N) is 1. The Bertz CT molecular complexity index is 449. The number of piperidine rings is 1. The van der Waals surface area contributed by atoms with Gasteiger partial charge in [-0.25, -0.2) is 0 Å². The van der Waals surface area contributed by atoms with E-state index in [1.165, 1.54) is 16.0 Å². The summed E-state index contributed by atoms with van der Waals surface area (Å²) in [5.74, 6) is 0. The predicted molar refractivity (Wildman–Crippen MR) is 75.1 cm³/mol. The molecule has 2 nitrogen and oxygen atoms in total. The Kier molecular flexibility index (Phi) is 4.58. The number of benzene rings is 1. The molecule has 5 heteroatoms. The molecule has 1 aromatic rings. The maximum atomic E-state index is 12.3. The van der Waals surface area contributed by atoms with E-state index in [1.807, 2.05) is 13.8 Å². The second-order valence-corrected chi connectivity index (χ2v) is 5.63. The van der Waals surface area contributed by atoms with Crippen molar-refractivity contribution in [2.75, 3.05) is 25.0 Å². The van der Waals surface area contributed by atoms with Crippen molar-refractivity contribution in [2.45, 2.75) is 38.9 Å². The van der Waals surface area contributed by atoms with Crippen molar-refractivity contribution in [3.8, 4) is 0 Å². The van der Waals surface area contributed by atoms with Crippen molar-refractivity contribution >= 4 is 5.69 Å². The average molecular weight is 286 g/mol. The lowest BCUT2D eigenvalue weighted by atomic mass is 10.0. The Labute approximate surface area is 118 Å². The van der Waals surface area contributed by atoms with Gasteiger partial charge in [-0.15, -0.1) is 0 Å². The van der Waals surface area contributed by atoms with Gasteiger partial charge in [0.05, 0.1) is 6.54 Å². The minimum absolute atomic E-state index is 0.264. The van der Waals surface area contributed by atoms with Crippen molar-refractivity contribution in [3.63, 3.8) is 0 Å². The monoisotopic (exact) mass is 286 g/mol. The molecule has 112 valence electrons. The number of halogens is 3. The zero-order valence-corrected chi connectivity index (χ0v) is 11.9. The number of hydrogen-bond donors (Lipinski definition) is 1. The molecule has 1 N–H and O–H groups in total. The largest absolute Gasteiger partial charge is 0.401 e. The highest BCUT2D eigenvalue weighted by Crippen LogP contribution is 2.23. The molecule has 0 aliphatic carbocycles. The highest BCUT2D eigenvalue weighted by Gasteiger charge is 2.32. The Hall–Kier alpha value is -1.23. The van der Waals surface area contributed by atoms with Gasteiger partial charge in [0.15, 0.2) is 0 Å². The molecule has 1 aliphatic heterocycles. The van der Waals surface area contributed by atoms with Crippen molar-refractivity contribution in [3.05, 3.63) is 29.3 Å². The Morgan fingerprint density at radius 3 is 2.45 bits per heavy atom. The first-order chi connectivity index (χ1) is 9.33. The van der Waals surface area contributed by atoms with Crippen LogP contribution in [0, 0.1) is 13.8 Å². The number of nitrogens with zero attached hydrogens (tertiary/aromatic N) is 1. The number of rotatable bonds is 3. The molecule has 1 aliphatic rings. The topological polar surface area (TPSA) is 15.3 Å². The smallest absolute Gasteiger partial charge is 0.382 e. The summed E-state index contributed by atoms with van der Waals surface area (Å²) in [6.45, 7) is 4.30. The maximum Gasteiger partial charge on any atom is 0.401 e. The van der Waals surface area contributed by atoms with Gasteiger partial charge < -0.3 is 5.32 Å². The highest BCUT2D eigenvalue weighted by atomic mass is 19.4. The summed E-state index contributed by atoms with van der Waals surface area (Å²) < 4.78 is 37.0. The van der Waals surface area contributed by atoms with Gasteiger partial charge in [-0.2, -0.15) is 13.2 Å². The number of likely N-dealkylation sites (tertiary alicyclic amines) is 1. The van der Waals surface area contributed by atoms with Crippen LogP contribution in [0.15, 0.2) is 18.2 Å². The third-order valence-electron chi connectivity index (χ3n) is 3.74. The SMILES string of the molecule is Cc1ccc(C)c(NC2CCN(CC(F)(F)F)CC2)c1. The Morgan fingerprint density at radius 2 is 1.85 bits per heavy atom. The molecule has 20 heavy (non-hydrogen) atoms. The minimum atomic E-state index is -4.09. The first-order valence-electron chi connectivity index (χ1n) is 6.96. The number of anilines is 1. The molecule has 0 spiro atoms. The van der Waals surface area contributed by atoms with Gasteiger partial charge in [0.1, 0.15) is 0 Å². The van der Waals surface area contributed by atoms with E-state index in [-0.39, 0.29) is 6.04 Å². The van der Waals surface area contributed by atoms with Gasteiger partial charge in [0, 0.05) is 24.8 Å². The van der Waals surface area contributed by atoms with E-state index in [4.69, 9.17) is 0 Å². The van der Waals surface area contributed by atoms with Crippen LogP contribution in [0.25, 0.3) is 0 Å². The molecule has 2 rings (SSSR count). The molecule has 0 saturated carbocycles. The Morgan fingerprint density at radius 1 is 1.20 bits per heavy atom. The summed E-state index contributed by atoms with van der Waals surface area (Å²) in [7, 11) is 0. The van der Waals surface area contributed by atoms with Gasteiger partial charge >= 0.3 is 6.18 Å². The second kappa shape index (κ2) is 6.04. The van der Waals surface area contributed by atoms with E-state index in [9.17, 15) is 13.2 Å². The first-order valence-corrected chi connectivity index (χ1v) is 6.96. The predicted octanol–water partition coefficient (Wildman–Crippen LogP) is 3.74. The fraction of sp³-hybridized carbons (Fsp3) is 0.600. The fourth-order valence-corrected chi connectivity index (χ4v) is 2.60. The lowest BCUT2D eigenvalue weighted by Crippen LogP contribution is -2.43. The van der Waals surface area contributed by atoms with Gasteiger partial charge in [-0.3, -0.25) is 4.90 Å². The van der Waals surface area contributed by atoms with Crippen molar-refractivity contribution in [1.82, 2.24) is 4.90 Å². The maximum absolute atomic E-state index is 12.3. The summed E-state index contributed by atoms with van der Waals surface area (Å²) in [6, 6.07) is 6.49. The number of alkyl halides is 3. The van der Waals surface area contributed by atoms with E-state index in [1.54, 1.807) is 0 Å². The molecular formula is C15H21F3N2. The average Bonchev–Trinajstić information content (AvgIpc) is 2.34. The molecule has 0 radical (unpaired) electrons. The lowest BCUT2D eigenvalue weighted by Gasteiger charge is -2.33. The Balaban J connectivity index is 1.87. The molecule has 0 bridgehead atoms. The highest BCUT2D eigenvalue weighted by molar-refractivity contribution is 5.53. The summed E-state index contributed by atoms with van der Waals surface area (Å²) in [5, 5.41) is 3.47. The van der Waals surface area contributed by atoms with Crippen LogP contribution in [0.3, 0.4) is 0 Å². The molecule has 1 heterocycles. The van der Waals surface area contributed by atoms with E-state index in [0.717, 1.165) is 18.5 Å². The van der Waals surface area contributed by atoms with Crippen LogP contribution in [0.2, 0.25) is 0 Å². The van der Waals surface area contributed by atoms with Crippen LogP contribution in [0.5, 0.6) is 0 Å². The summed E-state index contributed by atoms with van der Waals surface area (Å²) in [5.41, 5.74) is 3.46. The molecule has 0 amide bonds. The van der Waals surface area contributed by atoms with E-state index < -0.39 is 12.7 Å². The number of aryl methyl sites for hydroxylation is 2. The van der Waals surface area contributed by atoms with Crippen LogP contribution < -0.4 is 5.32 Å². The fourth-order valence-electron chi connectivity index (χ4n) is 2.60. The van der Waals surface area contributed by atoms with Gasteiger partial charge in [-0.05, 0) is 43.9 Å². The van der Waals surface area contributed by atoms with E-state index in [2.05, 4.69) is 23.5 Å². The molecular weight excluding hydrogens is 265 g/mol.